The molecular weight excluding hydrogens is 268 g/mol. The largest absolute Gasteiger partial charge is 0.392 e. The molecule has 18 heavy (non-hydrogen) atoms. The van der Waals surface area contributed by atoms with E-state index in [9.17, 15) is 8.42 Å². The molecule has 0 saturated carbocycles. The lowest BCUT2D eigenvalue weighted by atomic mass is 10.0. The van der Waals surface area contributed by atoms with Crippen molar-refractivity contribution in [3.8, 4) is 0 Å². The van der Waals surface area contributed by atoms with Gasteiger partial charge in [0.05, 0.1) is 4.99 Å². The van der Waals surface area contributed by atoms with Crippen molar-refractivity contribution in [3.05, 3.63) is 0 Å². The van der Waals surface area contributed by atoms with E-state index in [1.54, 1.807) is 6.92 Å². The number of nitrogens with two attached hydrogens (primary N) is 1. The summed E-state index contributed by atoms with van der Waals surface area (Å²) in [5.41, 5.74) is 5.46. The van der Waals surface area contributed by atoms with Gasteiger partial charge in [-0.3, -0.25) is 0 Å². The summed E-state index contributed by atoms with van der Waals surface area (Å²) in [5.74, 6) is 0.647. The molecule has 0 amide bonds. The highest BCUT2D eigenvalue weighted by Gasteiger charge is 2.27. The third-order valence-corrected chi connectivity index (χ3v) is 5.35. The quantitative estimate of drug-likeness (QED) is 0.639. The highest BCUT2D eigenvalue weighted by atomic mass is 32.2. The van der Waals surface area contributed by atoms with Crippen LogP contribution in [0.15, 0.2) is 0 Å². The van der Waals surface area contributed by atoms with Gasteiger partial charge in [-0.1, -0.05) is 45.8 Å². The first-order valence-electron chi connectivity index (χ1n) is 6.51. The predicted octanol–water partition coefficient (Wildman–Crippen LogP) is 2.19. The van der Waals surface area contributed by atoms with E-state index in [2.05, 4.69) is 18.6 Å². The van der Waals surface area contributed by atoms with Gasteiger partial charge < -0.3 is 5.73 Å². The molecule has 0 heterocycles. The number of sulfonamides is 1. The van der Waals surface area contributed by atoms with Crippen LogP contribution in [-0.2, 0) is 10.0 Å². The average Bonchev–Trinajstić information content (AvgIpc) is 2.15. The standard InChI is InChI=1S/C12H26N2O2S2/c1-5-11(12(13)17)18(15,16)14-10(4)8-6-7-9(2)3/h9-11,14H,5-8H2,1-4H3,(H2,13,17). The Labute approximate surface area is 117 Å². The molecule has 0 fully saturated rings. The zero-order valence-electron chi connectivity index (χ0n) is 11.8. The lowest BCUT2D eigenvalue weighted by Gasteiger charge is -2.19. The van der Waals surface area contributed by atoms with Crippen LogP contribution in [0.3, 0.4) is 0 Å². The first-order valence-corrected chi connectivity index (χ1v) is 8.46. The van der Waals surface area contributed by atoms with Crippen LogP contribution in [0, 0.1) is 5.92 Å². The maximum atomic E-state index is 12.0. The Hall–Kier alpha value is -0.200. The van der Waals surface area contributed by atoms with E-state index in [1.807, 2.05) is 6.92 Å². The van der Waals surface area contributed by atoms with E-state index in [0.29, 0.717) is 12.3 Å². The summed E-state index contributed by atoms with van der Waals surface area (Å²) in [6.45, 7) is 7.97. The Kier molecular flexibility index (Phi) is 7.98. The third-order valence-electron chi connectivity index (χ3n) is 2.85. The van der Waals surface area contributed by atoms with Crippen LogP contribution in [-0.4, -0.2) is 24.7 Å². The minimum absolute atomic E-state index is 0.0411. The Morgan fingerprint density at radius 1 is 1.28 bits per heavy atom. The van der Waals surface area contributed by atoms with Crippen molar-refractivity contribution in [1.82, 2.24) is 4.72 Å². The molecule has 0 saturated heterocycles. The van der Waals surface area contributed by atoms with Crippen molar-refractivity contribution < 1.29 is 8.42 Å². The molecular formula is C12H26N2O2S2. The van der Waals surface area contributed by atoms with E-state index in [1.165, 1.54) is 0 Å². The molecule has 2 atom stereocenters. The van der Waals surface area contributed by atoms with Crippen molar-refractivity contribution >= 4 is 27.2 Å². The predicted molar refractivity (Wildman–Crippen MR) is 81.1 cm³/mol. The van der Waals surface area contributed by atoms with Crippen LogP contribution in [0.25, 0.3) is 0 Å². The van der Waals surface area contributed by atoms with Crippen molar-refractivity contribution in [2.75, 3.05) is 0 Å². The lowest BCUT2D eigenvalue weighted by molar-refractivity contribution is 0.487. The van der Waals surface area contributed by atoms with Gasteiger partial charge in [0.1, 0.15) is 5.25 Å². The molecule has 0 aliphatic heterocycles. The molecule has 6 heteroatoms. The number of nitrogens with one attached hydrogen (secondary N) is 1. The molecule has 108 valence electrons. The molecule has 0 aliphatic rings. The van der Waals surface area contributed by atoms with Crippen LogP contribution in [0.4, 0.5) is 0 Å². The topological polar surface area (TPSA) is 72.2 Å². The molecule has 0 radical (unpaired) electrons. The summed E-state index contributed by atoms with van der Waals surface area (Å²) in [4.78, 5) is 0.0411. The van der Waals surface area contributed by atoms with Crippen molar-refractivity contribution in [1.29, 1.82) is 0 Å². The van der Waals surface area contributed by atoms with Gasteiger partial charge in [-0.15, -0.1) is 0 Å². The summed E-state index contributed by atoms with van der Waals surface area (Å²) in [7, 11) is -3.44. The maximum Gasteiger partial charge on any atom is 0.221 e. The fraction of sp³-hybridized carbons (Fsp3) is 0.917. The second-order valence-electron chi connectivity index (χ2n) is 5.19. The Balaban J connectivity index is 4.35. The van der Waals surface area contributed by atoms with Crippen molar-refractivity contribution in [3.63, 3.8) is 0 Å². The summed E-state index contributed by atoms with van der Waals surface area (Å²) in [6.07, 6.45) is 3.37. The van der Waals surface area contributed by atoms with Gasteiger partial charge in [-0.2, -0.15) is 0 Å². The van der Waals surface area contributed by atoms with E-state index in [-0.39, 0.29) is 11.0 Å². The highest BCUT2D eigenvalue weighted by Crippen LogP contribution is 2.11. The van der Waals surface area contributed by atoms with Crippen LogP contribution >= 0.6 is 12.2 Å². The molecule has 0 aliphatic carbocycles. The van der Waals surface area contributed by atoms with Gasteiger partial charge >= 0.3 is 0 Å². The minimum atomic E-state index is -3.44. The summed E-state index contributed by atoms with van der Waals surface area (Å²) < 4.78 is 26.7. The molecule has 0 aromatic carbocycles. The van der Waals surface area contributed by atoms with Gasteiger partial charge in [0, 0.05) is 6.04 Å². The van der Waals surface area contributed by atoms with Crippen LogP contribution in [0.1, 0.15) is 53.4 Å². The number of thiocarbonyl (C=S) groups is 1. The van der Waals surface area contributed by atoms with E-state index >= 15 is 0 Å². The number of rotatable bonds is 9. The van der Waals surface area contributed by atoms with Crippen LogP contribution in [0.2, 0.25) is 0 Å². The smallest absolute Gasteiger partial charge is 0.221 e. The molecule has 0 bridgehead atoms. The van der Waals surface area contributed by atoms with Crippen LogP contribution in [0.5, 0.6) is 0 Å². The number of hydrogen-bond acceptors (Lipinski definition) is 3. The second-order valence-corrected chi connectivity index (χ2v) is 7.55. The van der Waals surface area contributed by atoms with E-state index in [4.69, 9.17) is 18.0 Å². The summed E-state index contributed by atoms with van der Waals surface area (Å²) >= 11 is 4.80. The van der Waals surface area contributed by atoms with E-state index in [0.717, 1.165) is 19.3 Å². The molecule has 2 unspecified atom stereocenters. The Morgan fingerprint density at radius 2 is 1.83 bits per heavy atom. The zero-order chi connectivity index (χ0) is 14.3. The zero-order valence-corrected chi connectivity index (χ0v) is 13.4. The van der Waals surface area contributed by atoms with Crippen LogP contribution < -0.4 is 10.5 Å². The molecule has 0 spiro atoms. The lowest BCUT2D eigenvalue weighted by Crippen LogP contribution is -2.44. The molecule has 4 nitrogen and oxygen atoms in total. The monoisotopic (exact) mass is 294 g/mol. The molecule has 0 aromatic heterocycles. The first-order chi connectivity index (χ1) is 8.20. The fourth-order valence-corrected chi connectivity index (χ4v) is 3.96. The van der Waals surface area contributed by atoms with Gasteiger partial charge in [0.25, 0.3) is 0 Å². The molecule has 0 rings (SSSR count). The highest BCUT2D eigenvalue weighted by molar-refractivity contribution is 7.93. The molecule has 3 N–H and O–H groups in total. The third kappa shape index (κ3) is 6.66. The SMILES string of the molecule is CCC(C(N)=S)S(=O)(=O)NC(C)CCCC(C)C. The van der Waals surface area contributed by atoms with Gasteiger partial charge in [0.2, 0.25) is 10.0 Å². The second kappa shape index (κ2) is 8.07. The summed E-state index contributed by atoms with van der Waals surface area (Å²) in [5, 5.41) is -0.764. The van der Waals surface area contributed by atoms with E-state index < -0.39 is 15.3 Å². The van der Waals surface area contributed by atoms with Gasteiger partial charge in [0.15, 0.2) is 0 Å². The fourth-order valence-electron chi connectivity index (χ4n) is 1.83. The molecule has 0 aromatic rings. The maximum absolute atomic E-state index is 12.0. The minimum Gasteiger partial charge on any atom is -0.392 e. The van der Waals surface area contributed by atoms with Crippen molar-refractivity contribution in [2.45, 2.75) is 64.7 Å². The van der Waals surface area contributed by atoms with Crippen molar-refractivity contribution in [2.24, 2.45) is 11.7 Å². The Morgan fingerprint density at radius 3 is 2.22 bits per heavy atom. The first kappa shape index (κ1) is 17.8. The van der Waals surface area contributed by atoms with Gasteiger partial charge in [-0.05, 0) is 25.7 Å². The number of hydrogen-bond donors (Lipinski definition) is 2. The normalized spacial score (nSPS) is 15.6. The summed E-state index contributed by atoms with van der Waals surface area (Å²) in [6, 6.07) is -0.0721. The Bertz CT molecular complexity index is 353. The van der Waals surface area contributed by atoms with Gasteiger partial charge in [-0.25, -0.2) is 13.1 Å². The average molecular weight is 294 g/mol.